The van der Waals surface area contributed by atoms with E-state index in [4.69, 9.17) is 9.47 Å². The number of phenolic OH excluding ortho intramolecular Hbond substituents is 1. The van der Waals surface area contributed by atoms with Crippen molar-refractivity contribution in [2.75, 3.05) is 20.3 Å². The molecule has 0 bridgehead atoms. The molecular formula is C25H25FN2O4. The lowest BCUT2D eigenvalue weighted by molar-refractivity contribution is 0.0950. The maximum atomic E-state index is 13.8. The molecule has 0 radical (unpaired) electrons. The molecule has 2 N–H and O–H groups in total. The minimum absolute atomic E-state index is 0.104. The van der Waals surface area contributed by atoms with Crippen molar-refractivity contribution in [3.05, 3.63) is 88.7 Å². The van der Waals surface area contributed by atoms with Gasteiger partial charge in [-0.3, -0.25) is 9.69 Å². The van der Waals surface area contributed by atoms with Gasteiger partial charge in [-0.1, -0.05) is 24.3 Å². The Hall–Kier alpha value is -3.58. The Morgan fingerprint density at radius 1 is 1.19 bits per heavy atom. The van der Waals surface area contributed by atoms with E-state index >= 15 is 0 Å². The number of ether oxygens (including phenoxy) is 2. The van der Waals surface area contributed by atoms with Crippen LogP contribution in [0.15, 0.2) is 60.7 Å². The van der Waals surface area contributed by atoms with Crippen LogP contribution in [0.4, 0.5) is 4.39 Å². The lowest BCUT2D eigenvalue weighted by atomic mass is 10.1. The van der Waals surface area contributed by atoms with E-state index in [1.807, 2.05) is 18.2 Å². The van der Waals surface area contributed by atoms with Gasteiger partial charge in [-0.15, -0.1) is 0 Å². The monoisotopic (exact) mass is 436 g/mol. The molecule has 0 aromatic heterocycles. The van der Waals surface area contributed by atoms with E-state index in [1.165, 1.54) is 13.2 Å². The molecular weight excluding hydrogens is 411 g/mol. The van der Waals surface area contributed by atoms with Crippen LogP contribution in [0.1, 0.15) is 27.0 Å². The van der Waals surface area contributed by atoms with Crippen LogP contribution < -0.4 is 14.8 Å². The van der Waals surface area contributed by atoms with Gasteiger partial charge in [-0.25, -0.2) is 4.39 Å². The number of aromatic hydroxyl groups is 1. The molecule has 6 nitrogen and oxygen atoms in total. The number of nitrogens with zero attached hydrogens (tertiary/aromatic N) is 1. The summed E-state index contributed by atoms with van der Waals surface area (Å²) in [6.07, 6.45) is 0. The van der Waals surface area contributed by atoms with Crippen molar-refractivity contribution in [3.63, 3.8) is 0 Å². The van der Waals surface area contributed by atoms with E-state index in [1.54, 1.807) is 36.4 Å². The molecule has 0 unspecified atom stereocenters. The molecule has 0 saturated heterocycles. The number of rotatable bonds is 6. The molecule has 0 saturated carbocycles. The van der Waals surface area contributed by atoms with Crippen LogP contribution in [0.5, 0.6) is 17.2 Å². The smallest absolute Gasteiger partial charge is 0.251 e. The highest BCUT2D eigenvalue weighted by Crippen LogP contribution is 2.29. The van der Waals surface area contributed by atoms with Crippen LogP contribution in [0.3, 0.4) is 0 Å². The molecule has 1 heterocycles. The zero-order valence-corrected chi connectivity index (χ0v) is 17.8. The Balaban J connectivity index is 1.46. The molecule has 0 aliphatic carbocycles. The van der Waals surface area contributed by atoms with Gasteiger partial charge in [-0.05, 0) is 42.0 Å². The topological polar surface area (TPSA) is 71.0 Å². The highest BCUT2D eigenvalue weighted by molar-refractivity contribution is 5.94. The number of phenols is 1. The van der Waals surface area contributed by atoms with Crippen LogP contribution in [0.2, 0.25) is 0 Å². The summed E-state index contributed by atoms with van der Waals surface area (Å²) < 4.78 is 24.9. The number of fused-ring (bicyclic) bond motifs is 1. The number of methoxy groups -OCH3 is 1. The normalized spacial score (nSPS) is 13.6. The van der Waals surface area contributed by atoms with Gasteiger partial charge in [0.15, 0.2) is 11.5 Å². The molecule has 0 spiro atoms. The number of nitrogens with one attached hydrogen (secondary N) is 1. The van der Waals surface area contributed by atoms with Gasteiger partial charge in [0.05, 0.1) is 7.11 Å². The van der Waals surface area contributed by atoms with Gasteiger partial charge >= 0.3 is 0 Å². The molecule has 1 aliphatic heterocycles. The Morgan fingerprint density at radius 2 is 2.03 bits per heavy atom. The molecule has 166 valence electrons. The predicted octanol–water partition coefficient (Wildman–Crippen LogP) is 3.86. The van der Waals surface area contributed by atoms with Crippen LogP contribution in [-0.4, -0.2) is 36.2 Å². The minimum atomic E-state index is -0.343. The van der Waals surface area contributed by atoms with Crippen LogP contribution in [0.25, 0.3) is 0 Å². The lowest BCUT2D eigenvalue weighted by Gasteiger charge is -2.20. The zero-order valence-electron chi connectivity index (χ0n) is 17.8. The van der Waals surface area contributed by atoms with Gasteiger partial charge in [0, 0.05) is 42.9 Å². The third kappa shape index (κ3) is 5.00. The highest BCUT2D eigenvalue weighted by Gasteiger charge is 2.18. The van der Waals surface area contributed by atoms with Crippen molar-refractivity contribution in [1.29, 1.82) is 0 Å². The first kappa shape index (κ1) is 21.6. The average molecular weight is 436 g/mol. The quantitative estimate of drug-likeness (QED) is 0.614. The number of amides is 1. The summed E-state index contributed by atoms with van der Waals surface area (Å²) in [7, 11) is 1.52. The fraction of sp³-hybridized carbons (Fsp3) is 0.240. The molecule has 7 heteroatoms. The van der Waals surface area contributed by atoms with E-state index in [0.29, 0.717) is 43.1 Å². The van der Waals surface area contributed by atoms with E-state index in [-0.39, 0.29) is 24.0 Å². The Kier molecular flexibility index (Phi) is 6.56. The number of carbonyl (C=O) groups excluding carboxylic acids is 1. The van der Waals surface area contributed by atoms with Gasteiger partial charge in [0.2, 0.25) is 0 Å². The molecule has 0 fully saturated rings. The van der Waals surface area contributed by atoms with Gasteiger partial charge in [0.1, 0.15) is 18.2 Å². The molecule has 1 aliphatic rings. The Bertz CT molecular complexity index is 1120. The minimum Gasteiger partial charge on any atom is -0.504 e. The standard InChI is InChI=1S/C25H25FN2O4/c1-31-24-12-17(6-8-22(24)29)15-28-10-11-32-23-9-7-18(13-20(23)16-28)25(30)27-14-19-4-2-3-5-21(19)26/h2-9,12-13,29H,10-11,14-16H2,1H3,(H,27,30). The van der Waals surface area contributed by atoms with Crippen LogP contribution >= 0.6 is 0 Å². The maximum absolute atomic E-state index is 13.8. The van der Waals surface area contributed by atoms with Crippen molar-refractivity contribution in [1.82, 2.24) is 10.2 Å². The Labute approximate surface area is 186 Å². The van der Waals surface area contributed by atoms with Gasteiger partial charge in [0.25, 0.3) is 5.91 Å². The summed E-state index contributed by atoms with van der Waals surface area (Å²) in [4.78, 5) is 14.9. The van der Waals surface area contributed by atoms with Crippen molar-refractivity contribution in [2.24, 2.45) is 0 Å². The Morgan fingerprint density at radius 3 is 2.84 bits per heavy atom. The van der Waals surface area contributed by atoms with Gasteiger partial charge in [-0.2, -0.15) is 0 Å². The third-order valence-electron chi connectivity index (χ3n) is 5.43. The molecule has 3 aromatic rings. The van der Waals surface area contributed by atoms with Crippen molar-refractivity contribution in [3.8, 4) is 17.2 Å². The van der Waals surface area contributed by atoms with E-state index in [2.05, 4.69) is 10.2 Å². The maximum Gasteiger partial charge on any atom is 0.251 e. The number of hydrogen-bond acceptors (Lipinski definition) is 5. The van der Waals surface area contributed by atoms with Crippen molar-refractivity contribution < 1.29 is 23.8 Å². The van der Waals surface area contributed by atoms with Crippen molar-refractivity contribution >= 4 is 5.91 Å². The molecule has 4 rings (SSSR count). The summed E-state index contributed by atoms with van der Waals surface area (Å²) in [5.41, 5.74) is 2.85. The zero-order chi connectivity index (χ0) is 22.5. The SMILES string of the molecule is COc1cc(CN2CCOc3ccc(C(=O)NCc4ccccc4F)cc3C2)ccc1O. The summed E-state index contributed by atoms with van der Waals surface area (Å²) in [5, 5.41) is 12.6. The number of halogens is 1. The van der Waals surface area contributed by atoms with Crippen LogP contribution in [-0.2, 0) is 19.6 Å². The highest BCUT2D eigenvalue weighted by atomic mass is 19.1. The number of hydrogen-bond donors (Lipinski definition) is 2. The van der Waals surface area contributed by atoms with E-state index < -0.39 is 0 Å². The first-order chi connectivity index (χ1) is 15.5. The summed E-state index contributed by atoms with van der Waals surface area (Å²) in [5.74, 6) is 0.677. The molecule has 32 heavy (non-hydrogen) atoms. The third-order valence-corrected chi connectivity index (χ3v) is 5.43. The number of carbonyl (C=O) groups is 1. The second-order valence-electron chi connectivity index (χ2n) is 7.66. The first-order valence-corrected chi connectivity index (χ1v) is 10.4. The summed E-state index contributed by atoms with van der Waals surface area (Å²) in [6, 6.07) is 17.0. The van der Waals surface area contributed by atoms with Crippen molar-refractivity contribution in [2.45, 2.75) is 19.6 Å². The molecule has 3 aromatic carbocycles. The predicted molar refractivity (Wildman–Crippen MR) is 118 cm³/mol. The van der Waals surface area contributed by atoms with E-state index in [0.717, 1.165) is 16.9 Å². The fourth-order valence-corrected chi connectivity index (χ4v) is 3.72. The van der Waals surface area contributed by atoms with E-state index in [9.17, 15) is 14.3 Å². The van der Waals surface area contributed by atoms with Crippen LogP contribution in [0, 0.1) is 5.82 Å². The largest absolute Gasteiger partial charge is 0.504 e. The lowest BCUT2D eigenvalue weighted by Crippen LogP contribution is -2.25. The second kappa shape index (κ2) is 9.70. The average Bonchev–Trinajstić information content (AvgIpc) is 3.00. The van der Waals surface area contributed by atoms with Gasteiger partial charge < -0.3 is 19.9 Å². The fourth-order valence-electron chi connectivity index (χ4n) is 3.72. The summed E-state index contributed by atoms with van der Waals surface area (Å²) >= 11 is 0. The number of benzene rings is 3. The first-order valence-electron chi connectivity index (χ1n) is 10.4. The molecule has 0 atom stereocenters. The summed E-state index contributed by atoms with van der Waals surface area (Å²) in [6.45, 7) is 2.61. The second-order valence-corrected chi connectivity index (χ2v) is 7.66. The molecule has 1 amide bonds.